The third kappa shape index (κ3) is 5.12. The maximum atomic E-state index is 12.6. The SMILES string of the molecule is COC(=O)[C@@H](Cc1cc(Cl)ccc1Br)NC(=O)Cc1ccc2ccccc2c1. The number of esters is 1. The predicted molar refractivity (Wildman–Crippen MR) is 114 cm³/mol. The highest BCUT2D eigenvalue weighted by atomic mass is 79.9. The van der Waals surface area contributed by atoms with Gasteiger partial charge >= 0.3 is 5.97 Å². The Hall–Kier alpha value is -2.37. The second-order valence-corrected chi connectivity index (χ2v) is 7.73. The molecular formula is C22H19BrClNO3. The number of ether oxygens (including phenoxy) is 1. The zero-order valence-electron chi connectivity index (χ0n) is 15.2. The first-order valence-electron chi connectivity index (χ1n) is 8.75. The van der Waals surface area contributed by atoms with Gasteiger partial charge in [-0.2, -0.15) is 0 Å². The van der Waals surface area contributed by atoms with E-state index >= 15 is 0 Å². The van der Waals surface area contributed by atoms with Crippen LogP contribution in [0.2, 0.25) is 5.02 Å². The number of nitrogens with one attached hydrogen (secondary N) is 1. The summed E-state index contributed by atoms with van der Waals surface area (Å²) in [6.07, 6.45) is 0.451. The van der Waals surface area contributed by atoms with Gasteiger partial charge in [0, 0.05) is 15.9 Å². The fourth-order valence-corrected chi connectivity index (χ4v) is 3.64. The van der Waals surface area contributed by atoms with E-state index in [-0.39, 0.29) is 18.7 Å². The Labute approximate surface area is 177 Å². The highest BCUT2D eigenvalue weighted by molar-refractivity contribution is 9.10. The van der Waals surface area contributed by atoms with E-state index in [0.29, 0.717) is 5.02 Å². The van der Waals surface area contributed by atoms with Crippen molar-refractivity contribution in [1.82, 2.24) is 5.32 Å². The lowest BCUT2D eigenvalue weighted by Gasteiger charge is -2.18. The van der Waals surface area contributed by atoms with Crippen LogP contribution in [0.4, 0.5) is 0 Å². The van der Waals surface area contributed by atoms with Crippen molar-refractivity contribution in [2.75, 3.05) is 7.11 Å². The maximum absolute atomic E-state index is 12.6. The van der Waals surface area contributed by atoms with E-state index in [0.717, 1.165) is 26.4 Å². The molecule has 0 saturated heterocycles. The van der Waals surface area contributed by atoms with Crippen LogP contribution in [0, 0.1) is 0 Å². The van der Waals surface area contributed by atoms with Gasteiger partial charge in [0.1, 0.15) is 6.04 Å². The predicted octanol–water partition coefficient (Wildman–Crippen LogP) is 4.70. The summed E-state index contributed by atoms with van der Waals surface area (Å²) in [5, 5.41) is 5.53. The molecule has 0 heterocycles. The number of carbonyl (C=O) groups excluding carboxylic acids is 2. The van der Waals surface area contributed by atoms with Gasteiger partial charge in [-0.25, -0.2) is 4.79 Å². The monoisotopic (exact) mass is 459 g/mol. The molecule has 28 heavy (non-hydrogen) atoms. The Kier molecular flexibility index (Phi) is 6.70. The minimum Gasteiger partial charge on any atom is -0.467 e. The Bertz CT molecular complexity index is 1020. The second kappa shape index (κ2) is 9.22. The van der Waals surface area contributed by atoms with Crippen LogP contribution in [0.3, 0.4) is 0 Å². The first-order chi connectivity index (χ1) is 13.5. The standard InChI is InChI=1S/C22H19BrClNO3/c1-28-22(27)20(13-17-12-18(24)8-9-19(17)23)25-21(26)11-14-6-7-15-4-2-3-5-16(15)10-14/h2-10,12,20H,11,13H2,1H3,(H,25,26)/t20-/m1/s1. The number of benzene rings is 3. The van der Waals surface area contributed by atoms with Gasteiger partial charge in [-0.3, -0.25) is 4.79 Å². The molecule has 1 atom stereocenters. The zero-order valence-corrected chi connectivity index (χ0v) is 17.6. The summed E-state index contributed by atoms with van der Waals surface area (Å²) in [4.78, 5) is 24.8. The third-order valence-corrected chi connectivity index (χ3v) is 5.44. The molecule has 1 amide bonds. The lowest BCUT2D eigenvalue weighted by molar-refractivity contribution is -0.145. The number of hydrogen-bond acceptors (Lipinski definition) is 3. The van der Waals surface area contributed by atoms with E-state index in [1.165, 1.54) is 7.11 Å². The molecule has 0 saturated carbocycles. The van der Waals surface area contributed by atoms with Crippen LogP contribution in [-0.2, 0) is 27.2 Å². The van der Waals surface area contributed by atoms with Crippen molar-refractivity contribution in [2.45, 2.75) is 18.9 Å². The average Bonchev–Trinajstić information content (AvgIpc) is 2.69. The Balaban J connectivity index is 1.73. The van der Waals surface area contributed by atoms with Gasteiger partial charge in [0.15, 0.2) is 0 Å². The van der Waals surface area contributed by atoms with Crippen LogP contribution >= 0.6 is 27.5 Å². The molecule has 1 N–H and O–H groups in total. The number of halogens is 2. The van der Waals surface area contributed by atoms with E-state index in [2.05, 4.69) is 21.2 Å². The van der Waals surface area contributed by atoms with Crippen LogP contribution in [0.1, 0.15) is 11.1 Å². The van der Waals surface area contributed by atoms with Gasteiger partial charge in [0.25, 0.3) is 0 Å². The molecule has 0 spiro atoms. The van der Waals surface area contributed by atoms with Crippen molar-refractivity contribution in [3.05, 3.63) is 81.3 Å². The quantitative estimate of drug-likeness (QED) is 0.543. The van der Waals surface area contributed by atoms with Crippen LogP contribution in [0.25, 0.3) is 10.8 Å². The van der Waals surface area contributed by atoms with Gasteiger partial charge in [-0.05, 0) is 40.1 Å². The molecule has 3 aromatic rings. The minimum atomic E-state index is -0.798. The Morgan fingerprint density at radius 1 is 1.07 bits per heavy atom. The number of fused-ring (bicyclic) bond motifs is 1. The first kappa shape index (κ1) is 20.4. The van der Waals surface area contributed by atoms with E-state index in [4.69, 9.17) is 16.3 Å². The lowest BCUT2D eigenvalue weighted by Crippen LogP contribution is -2.43. The zero-order chi connectivity index (χ0) is 20.1. The molecule has 0 bridgehead atoms. The van der Waals surface area contributed by atoms with Gasteiger partial charge < -0.3 is 10.1 Å². The fraction of sp³-hybridized carbons (Fsp3) is 0.182. The number of hydrogen-bond donors (Lipinski definition) is 1. The average molecular weight is 461 g/mol. The first-order valence-corrected chi connectivity index (χ1v) is 9.92. The molecule has 0 aromatic heterocycles. The Morgan fingerprint density at radius 2 is 1.82 bits per heavy atom. The molecule has 0 fully saturated rings. The van der Waals surface area contributed by atoms with Crippen molar-refractivity contribution in [1.29, 1.82) is 0 Å². The number of carbonyl (C=O) groups is 2. The van der Waals surface area contributed by atoms with E-state index < -0.39 is 12.0 Å². The number of methoxy groups -OCH3 is 1. The summed E-state index contributed by atoms with van der Waals surface area (Å²) < 4.78 is 5.68. The fourth-order valence-electron chi connectivity index (χ4n) is 3.03. The molecular weight excluding hydrogens is 442 g/mol. The largest absolute Gasteiger partial charge is 0.467 e. The molecule has 0 unspecified atom stereocenters. The van der Waals surface area contributed by atoms with E-state index in [1.807, 2.05) is 48.5 Å². The second-order valence-electron chi connectivity index (χ2n) is 6.44. The van der Waals surface area contributed by atoms with Crippen LogP contribution < -0.4 is 5.32 Å². The van der Waals surface area contributed by atoms with Gasteiger partial charge in [-0.15, -0.1) is 0 Å². The molecule has 3 aromatic carbocycles. The van der Waals surface area contributed by atoms with Gasteiger partial charge in [-0.1, -0.05) is 70.0 Å². The summed E-state index contributed by atoms with van der Waals surface area (Å²) in [7, 11) is 1.30. The number of rotatable bonds is 6. The summed E-state index contributed by atoms with van der Waals surface area (Å²) >= 11 is 9.50. The molecule has 0 aliphatic heterocycles. The highest BCUT2D eigenvalue weighted by Gasteiger charge is 2.23. The van der Waals surface area contributed by atoms with Gasteiger partial charge in [0.2, 0.25) is 5.91 Å². The van der Waals surface area contributed by atoms with E-state index in [9.17, 15) is 9.59 Å². The summed E-state index contributed by atoms with van der Waals surface area (Å²) in [5.41, 5.74) is 1.69. The van der Waals surface area contributed by atoms with Crippen molar-refractivity contribution >= 4 is 50.2 Å². The van der Waals surface area contributed by atoms with Crippen LogP contribution in [0.5, 0.6) is 0 Å². The lowest BCUT2D eigenvalue weighted by atomic mass is 10.0. The molecule has 0 aliphatic carbocycles. The molecule has 0 radical (unpaired) electrons. The minimum absolute atomic E-state index is 0.176. The van der Waals surface area contributed by atoms with Crippen molar-refractivity contribution < 1.29 is 14.3 Å². The molecule has 3 rings (SSSR count). The summed E-state index contributed by atoms with van der Waals surface area (Å²) in [6.45, 7) is 0. The van der Waals surface area contributed by atoms with E-state index in [1.54, 1.807) is 12.1 Å². The van der Waals surface area contributed by atoms with Gasteiger partial charge in [0.05, 0.1) is 13.5 Å². The third-order valence-electron chi connectivity index (χ3n) is 4.43. The topological polar surface area (TPSA) is 55.4 Å². The highest BCUT2D eigenvalue weighted by Crippen LogP contribution is 2.23. The van der Waals surface area contributed by atoms with Crippen molar-refractivity contribution in [2.24, 2.45) is 0 Å². The Morgan fingerprint density at radius 3 is 2.57 bits per heavy atom. The molecule has 144 valence electrons. The summed E-state index contributed by atoms with van der Waals surface area (Å²) in [5.74, 6) is -0.748. The van der Waals surface area contributed by atoms with Crippen molar-refractivity contribution in [3.8, 4) is 0 Å². The van der Waals surface area contributed by atoms with Crippen LogP contribution in [0.15, 0.2) is 65.1 Å². The summed E-state index contributed by atoms with van der Waals surface area (Å²) in [6, 6.07) is 18.4. The normalized spacial score (nSPS) is 11.8. The smallest absolute Gasteiger partial charge is 0.328 e. The molecule has 4 nitrogen and oxygen atoms in total. The van der Waals surface area contributed by atoms with Crippen LogP contribution in [-0.4, -0.2) is 25.0 Å². The number of amides is 1. The maximum Gasteiger partial charge on any atom is 0.328 e. The molecule has 0 aliphatic rings. The molecule has 6 heteroatoms. The van der Waals surface area contributed by atoms with Crippen molar-refractivity contribution in [3.63, 3.8) is 0 Å².